The minimum absolute atomic E-state index is 0.726. The van der Waals surface area contributed by atoms with Gasteiger partial charge in [-0.2, -0.15) is 8.75 Å². The number of fused-ring (bicyclic) bond motifs is 1. The maximum Gasteiger partial charge on any atom is 0.113 e. The molecule has 1 N–H and O–H groups in total. The van der Waals surface area contributed by atoms with Gasteiger partial charge in [0.05, 0.1) is 16.6 Å². The van der Waals surface area contributed by atoms with Crippen LogP contribution in [0.3, 0.4) is 0 Å². The molecule has 26 heavy (non-hydrogen) atoms. The molecule has 0 spiro atoms. The highest BCUT2D eigenvalue weighted by Gasteiger charge is 2.13. The van der Waals surface area contributed by atoms with Gasteiger partial charge < -0.3 is 5.32 Å². The monoisotopic (exact) mass is 385 g/mol. The second kappa shape index (κ2) is 8.78. The van der Waals surface area contributed by atoms with Crippen LogP contribution in [0.2, 0.25) is 0 Å². The van der Waals surface area contributed by atoms with E-state index in [2.05, 4.69) is 65.7 Å². The van der Waals surface area contributed by atoms with Crippen molar-refractivity contribution in [2.75, 3.05) is 6.54 Å². The number of rotatable bonds is 9. The van der Waals surface area contributed by atoms with Crippen LogP contribution in [0.1, 0.15) is 50.0 Å². The van der Waals surface area contributed by atoms with E-state index in [0.717, 1.165) is 34.8 Å². The molecule has 0 aliphatic heterocycles. The van der Waals surface area contributed by atoms with E-state index in [0.29, 0.717) is 0 Å². The minimum Gasteiger partial charge on any atom is -0.384 e. The lowest BCUT2D eigenvalue weighted by Crippen LogP contribution is -2.20. The molecule has 3 nitrogen and oxygen atoms in total. The number of hydrogen-bond acceptors (Lipinski definition) is 5. The average molecular weight is 386 g/mol. The van der Waals surface area contributed by atoms with Crippen molar-refractivity contribution in [1.29, 1.82) is 0 Å². The summed E-state index contributed by atoms with van der Waals surface area (Å²) >= 11 is 3.05. The van der Waals surface area contributed by atoms with E-state index in [1.54, 1.807) is 11.3 Å². The van der Waals surface area contributed by atoms with Gasteiger partial charge in [-0.15, -0.1) is 11.3 Å². The molecule has 0 saturated heterocycles. The molecule has 1 aromatic carbocycles. The van der Waals surface area contributed by atoms with Crippen LogP contribution in [0.4, 0.5) is 0 Å². The Bertz CT molecular complexity index is 878. The Balaban J connectivity index is 1.72. The van der Waals surface area contributed by atoms with E-state index >= 15 is 0 Å². The third kappa shape index (κ3) is 4.15. The van der Waals surface area contributed by atoms with Crippen molar-refractivity contribution in [3.05, 3.63) is 41.3 Å². The summed E-state index contributed by atoms with van der Waals surface area (Å²) in [4.78, 5) is 2.42. The fraction of sp³-hybridized carbons (Fsp3) is 0.429. The zero-order chi connectivity index (χ0) is 18.5. The van der Waals surface area contributed by atoms with Crippen molar-refractivity contribution in [2.45, 2.75) is 46.5 Å². The van der Waals surface area contributed by atoms with Gasteiger partial charge in [0.15, 0.2) is 0 Å². The van der Waals surface area contributed by atoms with E-state index in [1.165, 1.54) is 52.7 Å². The summed E-state index contributed by atoms with van der Waals surface area (Å²) in [7, 11) is 0. The molecule has 0 saturated carbocycles. The van der Waals surface area contributed by atoms with Crippen LogP contribution in [0.5, 0.6) is 0 Å². The topological polar surface area (TPSA) is 37.8 Å². The van der Waals surface area contributed by atoms with Gasteiger partial charge in [-0.05, 0) is 37.0 Å². The van der Waals surface area contributed by atoms with Crippen LogP contribution in [-0.2, 0) is 0 Å². The van der Waals surface area contributed by atoms with Crippen LogP contribution < -0.4 is 5.32 Å². The molecule has 0 amide bonds. The summed E-state index contributed by atoms with van der Waals surface area (Å²) in [6.45, 7) is 11.9. The fourth-order valence-corrected chi connectivity index (χ4v) is 4.73. The second-order valence-electron chi connectivity index (χ2n) is 6.83. The summed E-state index contributed by atoms with van der Waals surface area (Å²) in [5.74, 6) is 0.726. The number of unbranched alkanes of at least 4 members (excludes halogenated alkanes) is 1. The maximum absolute atomic E-state index is 4.51. The summed E-state index contributed by atoms with van der Waals surface area (Å²) < 4.78 is 8.94. The number of thiophene rings is 1. The quantitative estimate of drug-likeness (QED) is 0.456. The highest BCUT2D eigenvalue weighted by molar-refractivity contribution is 7.16. The van der Waals surface area contributed by atoms with Crippen molar-refractivity contribution in [3.8, 4) is 10.4 Å². The van der Waals surface area contributed by atoms with Crippen LogP contribution >= 0.6 is 23.1 Å². The standard InChI is InChI=1S/C21H27N3S2/c1-5-7-8-16(6-2)13-22-15(4)18-11-12-19(25-18)17-10-9-14(3)20-21(17)24-26-23-20/h9-12,16,22H,4-8,13H2,1-3H3. The molecule has 3 rings (SSSR count). The summed E-state index contributed by atoms with van der Waals surface area (Å²) in [5, 5.41) is 3.55. The molecule has 3 aromatic rings. The second-order valence-corrected chi connectivity index (χ2v) is 8.44. The third-order valence-electron chi connectivity index (χ3n) is 4.93. The molecule has 0 bridgehead atoms. The van der Waals surface area contributed by atoms with Crippen molar-refractivity contribution < 1.29 is 0 Å². The lowest BCUT2D eigenvalue weighted by molar-refractivity contribution is 0.443. The highest BCUT2D eigenvalue weighted by Crippen LogP contribution is 2.35. The van der Waals surface area contributed by atoms with Crippen LogP contribution in [-0.4, -0.2) is 15.3 Å². The van der Waals surface area contributed by atoms with Crippen LogP contribution in [0.25, 0.3) is 27.2 Å². The van der Waals surface area contributed by atoms with Crippen molar-refractivity contribution >= 4 is 39.8 Å². The third-order valence-corrected chi connectivity index (χ3v) is 6.64. The van der Waals surface area contributed by atoms with Crippen molar-refractivity contribution in [3.63, 3.8) is 0 Å². The van der Waals surface area contributed by atoms with Gasteiger partial charge in [-0.25, -0.2) is 0 Å². The Morgan fingerprint density at radius 2 is 1.96 bits per heavy atom. The predicted octanol–water partition coefficient (Wildman–Crippen LogP) is 6.50. The van der Waals surface area contributed by atoms with Gasteiger partial charge in [0, 0.05) is 22.7 Å². The maximum atomic E-state index is 4.51. The fourth-order valence-electron chi connectivity index (χ4n) is 3.13. The van der Waals surface area contributed by atoms with Gasteiger partial charge in [-0.3, -0.25) is 0 Å². The number of hydrogen-bond donors (Lipinski definition) is 1. The summed E-state index contributed by atoms with van der Waals surface area (Å²) in [6.07, 6.45) is 5.08. The number of nitrogens with one attached hydrogen (secondary N) is 1. The molecule has 138 valence electrons. The van der Waals surface area contributed by atoms with Gasteiger partial charge >= 0.3 is 0 Å². The smallest absolute Gasteiger partial charge is 0.113 e. The van der Waals surface area contributed by atoms with Gasteiger partial charge in [-0.1, -0.05) is 51.8 Å². The van der Waals surface area contributed by atoms with E-state index in [-0.39, 0.29) is 0 Å². The molecule has 0 aliphatic carbocycles. The molecule has 0 radical (unpaired) electrons. The van der Waals surface area contributed by atoms with Gasteiger partial charge in [0.1, 0.15) is 11.0 Å². The Hall–Kier alpha value is -1.72. The summed E-state index contributed by atoms with van der Waals surface area (Å²) in [5.41, 5.74) is 5.39. The van der Waals surface area contributed by atoms with E-state index in [9.17, 15) is 0 Å². The number of nitrogens with zero attached hydrogens (tertiary/aromatic N) is 2. The largest absolute Gasteiger partial charge is 0.384 e. The van der Waals surface area contributed by atoms with E-state index in [4.69, 9.17) is 0 Å². The van der Waals surface area contributed by atoms with Crippen LogP contribution in [0.15, 0.2) is 30.8 Å². The molecule has 0 aliphatic rings. The van der Waals surface area contributed by atoms with Crippen molar-refractivity contribution in [1.82, 2.24) is 14.1 Å². The Kier molecular flexibility index (Phi) is 6.43. The normalized spacial score (nSPS) is 12.4. The van der Waals surface area contributed by atoms with Crippen LogP contribution in [0, 0.1) is 12.8 Å². The summed E-state index contributed by atoms with van der Waals surface area (Å²) in [6, 6.07) is 8.62. The Morgan fingerprint density at radius 3 is 2.73 bits per heavy atom. The Labute approximate surface area is 164 Å². The average Bonchev–Trinajstić information content (AvgIpc) is 3.32. The molecule has 2 heterocycles. The van der Waals surface area contributed by atoms with E-state index in [1.807, 2.05) is 0 Å². The van der Waals surface area contributed by atoms with Crippen molar-refractivity contribution in [2.24, 2.45) is 5.92 Å². The minimum atomic E-state index is 0.726. The first kappa shape index (κ1) is 19.1. The first-order valence-electron chi connectivity index (χ1n) is 9.39. The van der Waals surface area contributed by atoms with Gasteiger partial charge in [0.25, 0.3) is 0 Å². The SMILES string of the molecule is C=C(NCC(CC)CCCC)c1ccc(-c2ccc(C)c3nsnc23)s1. The van der Waals surface area contributed by atoms with Gasteiger partial charge in [0.2, 0.25) is 0 Å². The molecule has 1 unspecified atom stereocenters. The number of aryl methyl sites for hydroxylation is 1. The molecular weight excluding hydrogens is 358 g/mol. The molecule has 1 atom stereocenters. The number of aromatic nitrogens is 2. The van der Waals surface area contributed by atoms with E-state index < -0.39 is 0 Å². The zero-order valence-corrected chi connectivity index (χ0v) is 17.5. The molecule has 5 heteroatoms. The highest BCUT2D eigenvalue weighted by atomic mass is 32.1. The molecule has 2 aromatic heterocycles. The molecule has 0 fully saturated rings. The first-order chi connectivity index (χ1) is 12.6. The lowest BCUT2D eigenvalue weighted by Gasteiger charge is -2.16. The lowest BCUT2D eigenvalue weighted by atomic mass is 9.99. The predicted molar refractivity (Wildman–Crippen MR) is 116 cm³/mol. The zero-order valence-electron chi connectivity index (χ0n) is 15.8. The molecular formula is C21H27N3S2. The Morgan fingerprint density at radius 1 is 1.15 bits per heavy atom. The number of benzene rings is 1. The first-order valence-corrected chi connectivity index (χ1v) is 10.9.